The van der Waals surface area contributed by atoms with Gasteiger partial charge in [-0.1, -0.05) is 23.7 Å². The van der Waals surface area contributed by atoms with E-state index in [4.69, 9.17) is 16.6 Å². The lowest BCUT2D eigenvalue weighted by Crippen LogP contribution is -2.47. The first-order chi connectivity index (χ1) is 14.2. The molecule has 7 nitrogen and oxygen atoms in total. The number of aliphatic imine (C=N–C) groups is 1. The van der Waals surface area contributed by atoms with Crippen LogP contribution in [0.25, 0.3) is 0 Å². The molecule has 1 saturated heterocycles. The maximum absolute atomic E-state index is 5.98. The summed E-state index contributed by atoms with van der Waals surface area (Å²) in [4.78, 5) is 20.4. The van der Waals surface area contributed by atoms with Crippen LogP contribution in [0.15, 0.2) is 47.7 Å². The molecule has 3 rings (SSSR count). The van der Waals surface area contributed by atoms with Gasteiger partial charge >= 0.3 is 0 Å². The van der Waals surface area contributed by atoms with Crippen molar-refractivity contribution in [3.05, 3.63) is 53.3 Å². The van der Waals surface area contributed by atoms with Gasteiger partial charge in [0.2, 0.25) is 5.95 Å². The van der Waals surface area contributed by atoms with Crippen LogP contribution in [-0.2, 0) is 6.54 Å². The van der Waals surface area contributed by atoms with Crippen LogP contribution in [0.1, 0.15) is 12.5 Å². The number of rotatable bonds is 7. The lowest BCUT2D eigenvalue weighted by molar-refractivity contribution is 0.263. The molecule has 0 atom stereocenters. The first kappa shape index (κ1) is 21.3. The molecule has 8 heteroatoms. The maximum Gasteiger partial charge on any atom is 0.225 e. The molecular weight excluding hydrogens is 386 g/mol. The zero-order valence-corrected chi connectivity index (χ0v) is 18.0. The van der Waals surface area contributed by atoms with E-state index in [2.05, 4.69) is 56.1 Å². The number of guanidine groups is 1. The van der Waals surface area contributed by atoms with Crippen LogP contribution in [0.2, 0.25) is 5.02 Å². The lowest BCUT2D eigenvalue weighted by atomic mass is 10.2. The Kier molecular flexibility index (Phi) is 8.07. The monoisotopic (exact) mass is 415 g/mol. The molecule has 2 heterocycles. The highest BCUT2D eigenvalue weighted by molar-refractivity contribution is 6.30. The molecule has 1 aliphatic heterocycles. The van der Waals surface area contributed by atoms with Crippen LogP contribution in [-0.4, -0.2) is 78.6 Å². The van der Waals surface area contributed by atoms with Gasteiger partial charge in [0.05, 0.1) is 6.54 Å². The van der Waals surface area contributed by atoms with E-state index in [1.165, 1.54) is 5.56 Å². The number of anilines is 1. The van der Waals surface area contributed by atoms with Crippen LogP contribution in [0.3, 0.4) is 0 Å². The molecule has 0 aliphatic carbocycles. The summed E-state index contributed by atoms with van der Waals surface area (Å²) in [6.07, 6.45) is 3.60. The Morgan fingerprint density at radius 1 is 1.14 bits per heavy atom. The summed E-state index contributed by atoms with van der Waals surface area (Å²) in [5, 5.41) is 4.15. The second-order valence-corrected chi connectivity index (χ2v) is 7.53. The molecule has 0 radical (unpaired) electrons. The summed E-state index contributed by atoms with van der Waals surface area (Å²) >= 11 is 5.98. The Hall–Kier alpha value is -2.38. The van der Waals surface area contributed by atoms with Gasteiger partial charge in [-0.05, 0) is 30.7 Å². The van der Waals surface area contributed by atoms with E-state index < -0.39 is 0 Å². The number of piperazine rings is 1. The molecule has 0 amide bonds. The number of nitrogens with one attached hydrogen (secondary N) is 1. The molecule has 1 aromatic carbocycles. The summed E-state index contributed by atoms with van der Waals surface area (Å²) in [5.74, 6) is 1.75. The number of benzene rings is 1. The minimum atomic E-state index is 0.760. The summed E-state index contributed by atoms with van der Waals surface area (Å²) in [6.45, 7) is 9.36. The van der Waals surface area contributed by atoms with E-state index in [1.807, 2.05) is 18.2 Å². The summed E-state index contributed by atoms with van der Waals surface area (Å²) < 4.78 is 0. The second kappa shape index (κ2) is 11.0. The number of hydrogen-bond acceptors (Lipinski definition) is 5. The van der Waals surface area contributed by atoms with Crippen molar-refractivity contribution in [1.29, 1.82) is 0 Å². The first-order valence-electron chi connectivity index (χ1n) is 10.1. The standard InChI is InChI=1S/C21H30ClN7/c1-3-23-20(27(2)17-18-5-7-19(22)8-6-18)26-11-12-28-13-15-29(16-14-28)21-24-9-4-10-25-21/h4-10H,3,11-17H2,1-2H3,(H,23,26). The Labute approximate surface area is 178 Å². The molecule has 0 spiro atoms. The van der Waals surface area contributed by atoms with Crippen molar-refractivity contribution in [3.8, 4) is 0 Å². The van der Waals surface area contributed by atoms with E-state index in [0.29, 0.717) is 0 Å². The van der Waals surface area contributed by atoms with Crippen molar-refractivity contribution in [2.24, 2.45) is 4.99 Å². The molecule has 1 N–H and O–H groups in total. The highest BCUT2D eigenvalue weighted by atomic mass is 35.5. The molecule has 0 saturated carbocycles. The van der Waals surface area contributed by atoms with Gasteiger partial charge in [0, 0.05) is 70.3 Å². The smallest absolute Gasteiger partial charge is 0.225 e. The van der Waals surface area contributed by atoms with Gasteiger partial charge in [-0.15, -0.1) is 0 Å². The molecular formula is C21H30ClN7. The van der Waals surface area contributed by atoms with Gasteiger partial charge in [0.25, 0.3) is 0 Å². The van der Waals surface area contributed by atoms with Crippen LogP contribution in [0, 0.1) is 0 Å². The Morgan fingerprint density at radius 3 is 2.48 bits per heavy atom. The molecule has 0 bridgehead atoms. The quantitative estimate of drug-likeness (QED) is 0.553. The third-order valence-electron chi connectivity index (χ3n) is 4.91. The van der Waals surface area contributed by atoms with Crippen molar-refractivity contribution in [3.63, 3.8) is 0 Å². The van der Waals surface area contributed by atoms with E-state index in [0.717, 1.165) is 69.3 Å². The fourth-order valence-corrected chi connectivity index (χ4v) is 3.46. The van der Waals surface area contributed by atoms with Crippen molar-refractivity contribution >= 4 is 23.5 Å². The fraction of sp³-hybridized carbons (Fsp3) is 0.476. The van der Waals surface area contributed by atoms with Crippen LogP contribution >= 0.6 is 11.6 Å². The number of nitrogens with zero attached hydrogens (tertiary/aromatic N) is 6. The van der Waals surface area contributed by atoms with E-state index in [-0.39, 0.29) is 0 Å². The second-order valence-electron chi connectivity index (χ2n) is 7.10. The minimum absolute atomic E-state index is 0.760. The number of halogens is 1. The molecule has 29 heavy (non-hydrogen) atoms. The molecule has 1 aliphatic rings. The molecule has 1 aromatic heterocycles. The normalized spacial score (nSPS) is 15.4. The van der Waals surface area contributed by atoms with E-state index >= 15 is 0 Å². The van der Waals surface area contributed by atoms with Crippen LogP contribution < -0.4 is 10.2 Å². The predicted molar refractivity (Wildman–Crippen MR) is 120 cm³/mol. The van der Waals surface area contributed by atoms with Crippen molar-refractivity contribution in [2.45, 2.75) is 13.5 Å². The molecule has 0 unspecified atom stereocenters. The minimum Gasteiger partial charge on any atom is -0.357 e. The van der Waals surface area contributed by atoms with Gasteiger partial charge in [0.15, 0.2) is 5.96 Å². The average molecular weight is 416 g/mol. The van der Waals surface area contributed by atoms with Gasteiger partial charge in [-0.3, -0.25) is 9.89 Å². The summed E-state index contributed by atoms with van der Waals surface area (Å²) in [7, 11) is 2.06. The molecule has 1 fully saturated rings. The van der Waals surface area contributed by atoms with E-state index in [9.17, 15) is 0 Å². The Morgan fingerprint density at radius 2 is 1.83 bits per heavy atom. The largest absolute Gasteiger partial charge is 0.357 e. The van der Waals surface area contributed by atoms with Gasteiger partial charge in [-0.2, -0.15) is 0 Å². The summed E-state index contributed by atoms with van der Waals surface area (Å²) in [5.41, 5.74) is 1.21. The highest BCUT2D eigenvalue weighted by Crippen LogP contribution is 2.11. The van der Waals surface area contributed by atoms with Crippen molar-refractivity contribution in [2.75, 3.05) is 57.8 Å². The van der Waals surface area contributed by atoms with Gasteiger partial charge in [-0.25, -0.2) is 9.97 Å². The molecule has 2 aromatic rings. The van der Waals surface area contributed by atoms with E-state index in [1.54, 1.807) is 12.4 Å². The number of hydrogen-bond donors (Lipinski definition) is 1. The maximum atomic E-state index is 5.98. The Balaban J connectivity index is 1.47. The zero-order chi connectivity index (χ0) is 20.5. The van der Waals surface area contributed by atoms with Gasteiger partial charge in [0.1, 0.15) is 0 Å². The Bertz CT molecular complexity index is 758. The lowest BCUT2D eigenvalue weighted by Gasteiger charge is -2.34. The number of aromatic nitrogens is 2. The third kappa shape index (κ3) is 6.58. The predicted octanol–water partition coefficient (Wildman–Crippen LogP) is 2.35. The SMILES string of the molecule is CCNC(=NCCN1CCN(c2ncccn2)CC1)N(C)Cc1ccc(Cl)cc1. The van der Waals surface area contributed by atoms with Crippen molar-refractivity contribution in [1.82, 2.24) is 25.1 Å². The van der Waals surface area contributed by atoms with Crippen LogP contribution in [0.4, 0.5) is 5.95 Å². The van der Waals surface area contributed by atoms with Gasteiger partial charge < -0.3 is 15.1 Å². The zero-order valence-electron chi connectivity index (χ0n) is 17.3. The molecule has 156 valence electrons. The topological polar surface area (TPSA) is 59.9 Å². The van der Waals surface area contributed by atoms with Crippen LogP contribution in [0.5, 0.6) is 0 Å². The average Bonchev–Trinajstić information content (AvgIpc) is 2.76. The fourth-order valence-electron chi connectivity index (χ4n) is 3.33. The third-order valence-corrected chi connectivity index (χ3v) is 5.17. The highest BCUT2D eigenvalue weighted by Gasteiger charge is 2.18. The summed E-state index contributed by atoms with van der Waals surface area (Å²) in [6, 6.07) is 9.81. The first-order valence-corrected chi connectivity index (χ1v) is 10.5. The van der Waals surface area contributed by atoms with Crippen molar-refractivity contribution < 1.29 is 0 Å².